The zero-order valence-corrected chi connectivity index (χ0v) is 24.2. The monoisotopic (exact) mass is 577 g/mol. The Balaban J connectivity index is 0.000000285. The normalized spacial score (nSPS) is 13.5. The molecule has 0 saturated carbocycles. The maximum atomic E-state index is 9.76. The van der Waals surface area contributed by atoms with Crippen molar-refractivity contribution in [1.29, 1.82) is 0 Å². The Labute approximate surface area is 229 Å². The summed E-state index contributed by atoms with van der Waals surface area (Å²) in [5.41, 5.74) is 5.29. The number of nitrogens with zero attached hydrogens (tertiary/aromatic N) is 2. The van der Waals surface area contributed by atoms with E-state index in [1.807, 2.05) is 53.7 Å². The summed E-state index contributed by atoms with van der Waals surface area (Å²) in [7, 11) is 0. The minimum absolute atomic E-state index is 0. The molecule has 0 bridgehead atoms. The number of aryl methyl sites for hydroxylation is 2. The molecule has 5 heteroatoms. The van der Waals surface area contributed by atoms with E-state index in [4.69, 9.17) is 0 Å². The topological polar surface area (TPSA) is 66.2 Å². The van der Waals surface area contributed by atoms with E-state index >= 15 is 0 Å². The summed E-state index contributed by atoms with van der Waals surface area (Å²) in [6.07, 6.45) is 1.22. The fraction of sp³-hybridized carbons (Fsp3) is 0.419. The largest absolute Gasteiger partial charge is 0.392 e. The number of aromatic nitrogens is 2. The standard InChI is InChI=1S/C20H15N2.C11H24O2.Pd/c1-13-7-8-14(2)18(11-13)20-17-10-9-15-5-3-4-6-16(15)19(17)21-12-22-20;1-10(2,3)8(12)7-9(13)11(4,5)6;/h3-5,7-12H,1-2H3;8-9,12-13H,7H2,1-6H3;/q-1;;. The summed E-state index contributed by atoms with van der Waals surface area (Å²) in [6.45, 7) is 16.1. The number of fused-ring (bicyclic) bond motifs is 3. The predicted octanol–water partition coefficient (Wildman–Crippen LogP) is 7.06. The summed E-state index contributed by atoms with van der Waals surface area (Å²) in [5.74, 6) is 0. The molecule has 0 radical (unpaired) electrons. The quantitative estimate of drug-likeness (QED) is 0.155. The molecule has 4 rings (SSSR count). The predicted molar refractivity (Wildman–Crippen MR) is 146 cm³/mol. The molecule has 0 fully saturated rings. The minimum atomic E-state index is -0.443. The number of benzene rings is 3. The average Bonchev–Trinajstić information content (AvgIpc) is 2.79. The molecule has 0 aliphatic rings. The molecule has 0 aliphatic heterocycles. The summed E-state index contributed by atoms with van der Waals surface area (Å²) in [4.78, 5) is 9.07. The average molecular weight is 578 g/mol. The summed E-state index contributed by atoms with van der Waals surface area (Å²) in [6, 6.07) is 20.0. The van der Waals surface area contributed by atoms with E-state index in [9.17, 15) is 10.2 Å². The van der Waals surface area contributed by atoms with Gasteiger partial charge in [-0.05, 0) is 47.2 Å². The maximum Gasteiger partial charge on any atom is 0.106 e. The number of rotatable bonds is 3. The van der Waals surface area contributed by atoms with Crippen LogP contribution in [0.3, 0.4) is 0 Å². The first kappa shape index (κ1) is 30.1. The molecule has 0 spiro atoms. The van der Waals surface area contributed by atoms with Gasteiger partial charge in [0.2, 0.25) is 0 Å². The van der Waals surface area contributed by atoms with Crippen LogP contribution in [0.1, 0.15) is 59.1 Å². The second kappa shape index (κ2) is 11.9. The molecule has 0 saturated heterocycles. The Morgan fingerprint density at radius 2 is 1.50 bits per heavy atom. The molecule has 2 atom stereocenters. The van der Waals surface area contributed by atoms with Gasteiger partial charge in [-0.15, -0.1) is 35.0 Å². The molecule has 0 amide bonds. The molecule has 4 nitrogen and oxygen atoms in total. The molecule has 0 aliphatic carbocycles. The van der Waals surface area contributed by atoms with Gasteiger partial charge in [0.05, 0.1) is 17.9 Å². The maximum absolute atomic E-state index is 9.76. The van der Waals surface area contributed by atoms with Crippen molar-refractivity contribution in [3.8, 4) is 11.3 Å². The van der Waals surface area contributed by atoms with E-state index in [1.165, 1.54) is 16.7 Å². The number of aliphatic hydroxyl groups is 2. The van der Waals surface area contributed by atoms with Crippen LogP contribution in [0.2, 0.25) is 0 Å². The Bertz CT molecular complexity index is 1290. The number of hydrogen-bond acceptors (Lipinski definition) is 4. The molecule has 36 heavy (non-hydrogen) atoms. The van der Waals surface area contributed by atoms with E-state index in [-0.39, 0.29) is 31.3 Å². The molecule has 1 aromatic heterocycles. The van der Waals surface area contributed by atoms with E-state index in [2.05, 4.69) is 66.3 Å². The van der Waals surface area contributed by atoms with Crippen molar-refractivity contribution in [1.82, 2.24) is 9.97 Å². The van der Waals surface area contributed by atoms with Crippen LogP contribution < -0.4 is 0 Å². The summed E-state index contributed by atoms with van der Waals surface area (Å²) >= 11 is 0. The van der Waals surface area contributed by atoms with Gasteiger partial charge in [0.15, 0.2) is 0 Å². The SMILES string of the molecule is CC(C)(C)C(O)CC(O)C(C)(C)C.Cc1ccc(C)c(-c2ncnc3c2ccc2ccc[c-]c23)c1.[Pd]. The van der Waals surface area contributed by atoms with Crippen molar-refractivity contribution in [2.24, 2.45) is 10.8 Å². The zero-order valence-electron chi connectivity index (χ0n) is 22.7. The molecule has 2 N–H and O–H groups in total. The third-order valence-corrected chi connectivity index (χ3v) is 6.53. The first-order valence-electron chi connectivity index (χ1n) is 12.3. The molecule has 196 valence electrons. The van der Waals surface area contributed by atoms with Crippen molar-refractivity contribution in [2.45, 2.75) is 74.0 Å². The van der Waals surface area contributed by atoms with Crippen LogP contribution >= 0.6 is 0 Å². The molecular formula is C31H39N2O2Pd-. The zero-order chi connectivity index (χ0) is 26.0. The van der Waals surface area contributed by atoms with Gasteiger partial charge in [-0.1, -0.05) is 71.4 Å². The number of hydrogen-bond donors (Lipinski definition) is 2. The van der Waals surface area contributed by atoms with Crippen LogP contribution in [0, 0.1) is 30.7 Å². The van der Waals surface area contributed by atoms with E-state index < -0.39 is 12.2 Å². The van der Waals surface area contributed by atoms with E-state index in [0.717, 1.165) is 27.4 Å². The van der Waals surface area contributed by atoms with Crippen molar-refractivity contribution in [3.05, 3.63) is 72.1 Å². The first-order chi connectivity index (χ1) is 16.3. The Morgan fingerprint density at radius 3 is 2.11 bits per heavy atom. The second-order valence-electron chi connectivity index (χ2n) is 11.6. The van der Waals surface area contributed by atoms with Gasteiger partial charge in [0, 0.05) is 32.4 Å². The first-order valence-corrected chi connectivity index (χ1v) is 12.3. The summed E-state index contributed by atoms with van der Waals surface area (Å²) < 4.78 is 0. The third kappa shape index (κ3) is 7.20. The van der Waals surface area contributed by atoms with Crippen molar-refractivity contribution < 1.29 is 30.6 Å². The van der Waals surface area contributed by atoms with Crippen molar-refractivity contribution in [2.75, 3.05) is 0 Å². The summed E-state index contributed by atoms with van der Waals surface area (Å²) in [5, 5.41) is 22.8. The van der Waals surface area contributed by atoms with Gasteiger partial charge >= 0.3 is 0 Å². The van der Waals surface area contributed by atoms with Gasteiger partial charge in [0.1, 0.15) is 6.33 Å². The fourth-order valence-corrected chi connectivity index (χ4v) is 3.84. The van der Waals surface area contributed by atoms with Gasteiger partial charge in [-0.25, -0.2) is 4.98 Å². The van der Waals surface area contributed by atoms with Gasteiger partial charge < -0.3 is 10.2 Å². The number of aliphatic hydroxyl groups excluding tert-OH is 2. The van der Waals surface area contributed by atoms with Crippen LogP contribution in [-0.4, -0.2) is 32.4 Å². The molecular weight excluding hydrogens is 539 g/mol. The van der Waals surface area contributed by atoms with E-state index in [0.29, 0.717) is 6.42 Å². The van der Waals surface area contributed by atoms with Gasteiger partial charge in [0.25, 0.3) is 0 Å². The van der Waals surface area contributed by atoms with Crippen LogP contribution in [0.5, 0.6) is 0 Å². The van der Waals surface area contributed by atoms with Crippen molar-refractivity contribution in [3.63, 3.8) is 0 Å². The molecule has 4 aromatic rings. The van der Waals surface area contributed by atoms with Crippen LogP contribution in [0.4, 0.5) is 0 Å². The second-order valence-corrected chi connectivity index (χ2v) is 11.6. The smallest absolute Gasteiger partial charge is 0.106 e. The third-order valence-electron chi connectivity index (χ3n) is 6.53. The molecule has 1 heterocycles. The Morgan fingerprint density at radius 1 is 0.861 bits per heavy atom. The fourth-order valence-electron chi connectivity index (χ4n) is 3.84. The van der Waals surface area contributed by atoms with Crippen LogP contribution in [0.15, 0.2) is 54.9 Å². The molecule has 2 unspecified atom stereocenters. The van der Waals surface area contributed by atoms with Crippen molar-refractivity contribution >= 4 is 21.7 Å². The van der Waals surface area contributed by atoms with Crippen LogP contribution in [-0.2, 0) is 20.4 Å². The Hall–Kier alpha value is -2.16. The van der Waals surface area contributed by atoms with Crippen LogP contribution in [0.25, 0.3) is 32.9 Å². The van der Waals surface area contributed by atoms with E-state index in [1.54, 1.807) is 6.33 Å². The van der Waals surface area contributed by atoms with Gasteiger partial charge in [-0.3, -0.25) is 4.98 Å². The Kier molecular flexibility index (Phi) is 9.96. The molecule has 3 aromatic carbocycles. The minimum Gasteiger partial charge on any atom is -0.392 e. The van der Waals surface area contributed by atoms with Gasteiger partial charge in [-0.2, -0.15) is 0 Å².